The topological polar surface area (TPSA) is 113 Å². The molecule has 0 aliphatic carbocycles. The maximum atomic E-state index is 12.3. The summed E-state index contributed by atoms with van der Waals surface area (Å²) in [7, 11) is -3.51. The summed E-state index contributed by atoms with van der Waals surface area (Å²) in [6.45, 7) is 5.54. The number of rotatable bonds is 3. The van der Waals surface area contributed by atoms with Crippen molar-refractivity contribution < 1.29 is 17.6 Å². The van der Waals surface area contributed by atoms with E-state index in [-0.39, 0.29) is 11.8 Å². The molecule has 1 saturated heterocycles. The van der Waals surface area contributed by atoms with Gasteiger partial charge in [0.05, 0.1) is 10.7 Å². The van der Waals surface area contributed by atoms with Crippen molar-refractivity contribution in [3.05, 3.63) is 16.4 Å². The van der Waals surface area contributed by atoms with Crippen LogP contribution in [0.1, 0.15) is 45.4 Å². The molecule has 1 aromatic rings. The summed E-state index contributed by atoms with van der Waals surface area (Å²) in [6.07, 6.45) is 1.45. The number of carbonyl (C=O) groups excluding carboxylic acids is 1. The molecule has 1 atom stereocenters. The predicted octanol–water partition coefficient (Wildman–Crippen LogP) is 0.282. The SMILES string of the molecule is CC(C)(C)S(=O)(=O)CC(=O)N1CCCC(c2n[nH]c(=O)o2)C1. The van der Waals surface area contributed by atoms with Crippen molar-refractivity contribution in [2.24, 2.45) is 0 Å². The molecule has 0 aromatic carbocycles. The van der Waals surface area contributed by atoms with Gasteiger partial charge in [0.25, 0.3) is 0 Å². The van der Waals surface area contributed by atoms with Gasteiger partial charge >= 0.3 is 5.76 Å². The number of hydrogen-bond acceptors (Lipinski definition) is 6. The van der Waals surface area contributed by atoms with Crippen molar-refractivity contribution in [3.8, 4) is 0 Å². The lowest BCUT2D eigenvalue weighted by Crippen LogP contribution is -2.44. The van der Waals surface area contributed by atoms with Crippen molar-refractivity contribution >= 4 is 15.7 Å². The van der Waals surface area contributed by atoms with Crippen LogP contribution in [0.15, 0.2) is 9.21 Å². The predicted molar refractivity (Wildman–Crippen MR) is 79.2 cm³/mol. The second kappa shape index (κ2) is 5.86. The minimum Gasteiger partial charge on any atom is -0.392 e. The van der Waals surface area contributed by atoms with E-state index in [4.69, 9.17) is 4.42 Å². The molecule has 0 bridgehead atoms. The summed E-state index contributed by atoms with van der Waals surface area (Å²) >= 11 is 0. The van der Waals surface area contributed by atoms with Gasteiger partial charge in [0.2, 0.25) is 11.8 Å². The van der Waals surface area contributed by atoms with E-state index in [1.54, 1.807) is 20.8 Å². The van der Waals surface area contributed by atoms with Gasteiger partial charge in [-0.25, -0.2) is 18.3 Å². The van der Waals surface area contributed by atoms with E-state index in [9.17, 15) is 18.0 Å². The van der Waals surface area contributed by atoms with Gasteiger partial charge in [-0.05, 0) is 33.6 Å². The first-order valence-electron chi connectivity index (χ1n) is 7.15. The number of hydrogen-bond donors (Lipinski definition) is 1. The molecule has 1 unspecified atom stereocenters. The Morgan fingerprint density at radius 3 is 2.68 bits per heavy atom. The zero-order valence-electron chi connectivity index (χ0n) is 13.0. The minimum atomic E-state index is -3.51. The summed E-state index contributed by atoms with van der Waals surface area (Å²) < 4.78 is 28.2. The molecule has 2 rings (SSSR count). The Morgan fingerprint density at radius 1 is 1.45 bits per heavy atom. The van der Waals surface area contributed by atoms with Crippen LogP contribution < -0.4 is 5.76 Å². The van der Waals surface area contributed by atoms with E-state index in [0.717, 1.165) is 6.42 Å². The first kappa shape index (κ1) is 16.7. The number of aromatic amines is 1. The molecular formula is C13H21N3O5S. The van der Waals surface area contributed by atoms with Crippen LogP contribution in [-0.4, -0.2) is 53.0 Å². The Kier molecular flexibility index (Phi) is 4.46. The number of aromatic nitrogens is 2. The van der Waals surface area contributed by atoms with Crippen LogP contribution in [0.2, 0.25) is 0 Å². The van der Waals surface area contributed by atoms with Gasteiger partial charge in [-0.3, -0.25) is 4.79 Å². The van der Waals surface area contributed by atoms with E-state index in [1.165, 1.54) is 4.90 Å². The molecule has 22 heavy (non-hydrogen) atoms. The van der Waals surface area contributed by atoms with E-state index < -0.39 is 32.0 Å². The van der Waals surface area contributed by atoms with Crippen LogP contribution in [-0.2, 0) is 14.6 Å². The van der Waals surface area contributed by atoms with Gasteiger partial charge < -0.3 is 9.32 Å². The van der Waals surface area contributed by atoms with Crippen LogP contribution in [0.4, 0.5) is 0 Å². The fourth-order valence-corrected chi connectivity index (χ4v) is 3.23. The summed E-state index contributed by atoms with van der Waals surface area (Å²) in [6, 6.07) is 0. The third-order valence-corrected chi connectivity index (χ3v) is 6.32. The molecule has 1 amide bonds. The molecule has 9 heteroatoms. The number of nitrogens with one attached hydrogen (secondary N) is 1. The standard InChI is InChI=1S/C13H21N3O5S/c1-13(2,3)22(19,20)8-10(17)16-6-4-5-9(7-16)11-14-15-12(18)21-11/h9H,4-8H2,1-3H3,(H,15,18). The van der Waals surface area contributed by atoms with Crippen LogP contribution >= 0.6 is 0 Å². The fourth-order valence-electron chi connectivity index (χ4n) is 2.29. The summed E-state index contributed by atoms with van der Waals surface area (Å²) in [5.74, 6) is -1.48. The van der Waals surface area contributed by atoms with E-state index >= 15 is 0 Å². The Hall–Kier alpha value is -1.64. The number of amides is 1. The Morgan fingerprint density at radius 2 is 2.14 bits per heavy atom. The Labute approximate surface area is 128 Å². The summed E-state index contributed by atoms with van der Waals surface area (Å²) in [5.41, 5.74) is 0. The third-order valence-electron chi connectivity index (χ3n) is 3.82. The monoisotopic (exact) mass is 331 g/mol. The molecule has 1 aliphatic rings. The van der Waals surface area contributed by atoms with Gasteiger partial charge in [0.15, 0.2) is 9.84 Å². The van der Waals surface area contributed by atoms with E-state index in [2.05, 4.69) is 10.2 Å². The minimum absolute atomic E-state index is 0.186. The van der Waals surface area contributed by atoms with E-state index in [0.29, 0.717) is 19.5 Å². The third kappa shape index (κ3) is 3.57. The van der Waals surface area contributed by atoms with Gasteiger partial charge in [0, 0.05) is 13.1 Å². The number of nitrogens with zero attached hydrogens (tertiary/aromatic N) is 2. The zero-order chi connectivity index (χ0) is 16.5. The molecule has 124 valence electrons. The van der Waals surface area contributed by atoms with Crippen LogP contribution in [0, 0.1) is 0 Å². The van der Waals surface area contributed by atoms with Crippen molar-refractivity contribution in [1.29, 1.82) is 0 Å². The smallest absolute Gasteiger partial charge is 0.392 e. The van der Waals surface area contributed by atoms with Crippen molar-refractivity contribution in [1.82, 2.24) is 15.1 Å². The summed E-state index contributed by atoms with van der Waals surface area (Å²) in [4.78, 5) is 24.8. The molecule has 1 fully saturated rings. The van der Waals surface area contributed by atoms with Gasteiger partial charge in [0.1, 0.15) is 5.75 Å². The highest BCUT2D eigenvalue weighted by Crippen LogP contribution is 2.25. The highest BCUT2D eigenvalue weighted by Gasteiger charge is 2.35. The Bertz CT molecular complexity index is 698. The molecule has 2 heterocycles. The molecule has 1 aromatic heterocycles. The number of piperidine rings is 1. The molecule has 0 saturated carbocycles. The zero-order valence-corrected chi connectivity index (χ0v) is 13.8. The Balaban J connectivity index is 2.06. The van der Waals surface area contributed by atoms with Gasteiger partial charge in [-0.2, -0.15) is 0 Å². The lowest BCUT2D eigenvalue weighted by Gasteiger charge is -2.31. The average molecular weight is 331 g/mol. The number of likely N-dealkylation sites (tertiary alicyclic amines) is 1. The van der Waals surface area contributed by atoms with Crippen LogP contribution in [0.5, 0.6) is 0 Å². The number of sulfone groups is 1. The highest BCUT2D eigenvalue weighted by molar-refractivity contribution is 7.93. The highest BCUT2D eigenvalue weighted by atomic mass is 32.2. The van der Waals surface area contributed by atoms with Crippen LogP contribution in [0.3, 0.4) is 0 Å². The number of H-pyrrole nitrogens is 1. The molecule has 0 spiro atoms. The second-order valence-corrected chi connectivity index (χ2v) is 9.24. The van der Waals surface area contributed by atoms with Crippen molar-refractivity contribution in [2.45, 2.75) is 44.3 Å². The maximum absolute atomic E-state index is 12.3. The molecule has 1 N–H and O–H groups in total. The molecule has 0 radical (unpaired) electrons. The van der Waals surface area contributed by atoms with Crippen molar-refractivity contribution in [2.75, 3.05) is 18.8 Å². The second-order valence-electron chi connectivity index (χ2n) is 6.50. The van der Waals surface area contributed by atoms with Gasteiger partial charge in [-0.15, -0.1) is 5.10 Å². The molecular weight excluding hydrogens is 310 g/mol. The summed E-state index contributed by atoms with van der Waals surface area (Å²) in [5, 5.41) is 5.98. The average Bonchev–Trinajstić information content (AvgIpc) is 2.84. The van der Waals surface area contributed by atoms with Crippen LogP contribution in [0.25, 0.3) is 0 Å². The lowest BCUT2D eigenvalue weighted by molar-refractivity contribution is -0.129. The normalized spacial score (nSPS) is 20.1. The maximum Gasteiger partial charge on any atom is 0.434 e. The lowest BCUT2D eigenvalue weighted by atomic mass is 9.98. The van der Waals surface area contributed by atoms with Crippen molar-refractivity contribution in [3.63, 3.8) is 0 Å². The largest absolute Gasteiger partial charge is 0.434 e. The fraction of sp³-hybridized carbons (Fsp3) is 0.769. The number of carbonyl (C=O) groups is 1. The van der Waals surface area contributed by atoms with E-state index in [1.807, 2.05) is 0 Å². The quantitative estimate of drug-likeness (QED) is 0.851. The molecule has 1 aliphatic heterocycles. The molecule has 8 nitrogen and oxygen atoms in total. The first-order valence-corrected chi connectivity index (χ1v) is 8.81. The first-order chi connectivity index (χ1) is 10.1. The van der Waals surface area contributed by atoms with Gasteiger partial charge in [-0.1, -0.05) is 0 Å².